The molecule has 1 rings (SSSR count). The summed E-state index contributed by atoms with van der Waals surface area (Å²) in [6.07, 6.45) is 3.75. The number of carbonyl (C=O) groups is 1. The fourth-order valence-electron chi connectivity index (χ4n) is 0.891. The Morgan fingerprint density at radius 2 is 2.43 bits per heavy atom. The molecule has 1 aromatic heterocycles. The topological polar surface area (TPSA) is 56.3 Å². The van der Waals surface area contributed by atoms with Crippen LogP contribution >= 0.6 is 0 Å². The fourth-order valence-corrected chi connectivity index (χ4v) is 0.891. The average Bonchev–Trinajstić information content (AvgIpc) is 2.26. The van der Waals surface area contributed by atoms with Gasteiger partial charge in [-0.1, -0.05) is 6.92 Å². The third kappa shape index (κ3) is 2.65. The number of ether oxygens (including phenoxy) is 1. The van der Waals surface area contributed by atoms with Gasteiger partial charge in [-0.15, -0.1) is 0 Å². The number of rotatable bonds is 4. The molecule has 4 heteroatoms. The Hall–Kier alpha value is -1.71. The molecule has 0 amide bonds. The van der Waals surface area contributed by atoms with E-state index in [0.29, 0.717) is 12.2 Å². The summed E-state index contributed by atoms with van der Waals surface area (Å²) in [5.74, 6) is -0.439. The number of pyridine rings is 1. The van der Waals surface area contributed by atoms with Crippen molar-refractivity contribution in [2.75, 3.05) is 6.61 Å². The first kappa shape index (κ1) is 10.4. The van der Waals surface area contributed by atoms with Crippen LogP contribution in [0.4, 0.5) is 0 Å². The molecule has 0 spiro atoms. The first-order chi connectivity index (χ1) is 6.77. The first-order valence-electron chi connectivity index (χ1n) is 4.29. The number of nitrogens with zero attached hydrogens (tertiary/aromatic N) is 1. The average molecular weight is 192 g/mol. The van der Waals surface area contributed by atoms with Gasteiger partial charge in [-0.2, -0.15) is 0 Å². The Balaban J connectivity index is 2.74. The lowest BCUT2D eigenvalue weighted by Gasteiger charge is -2.02. The molecule has 0 N–H and O–H groups in total. The van der Waals surface area contributed by atoms with Gasteiger partial charge < -0.3 is 4.74 Å². The van der Waals surface area contributed by atoms with Crippen molar-refractivity contribution in [3.05, 3.63) is 29.6 Å². The molecule has 14 heavy (non-hydrogen) atoms. The maximum Gasteiger partial charge on any atom is 0.338 e. The lowest BCUT2D eigenvalue weighted by molar-refractivity contribution is 0.0505. The molecular formula is C10H10NO3. The van der Waals surface area contributed by atoms with Gasteiger partial charge in [0.15, 0.2) is 0 Å². The second-order valence-corrected chi connectivity index (χ2v) is 2.67. The quantitative estimate of drug-likeness (QED) is 0.670. The molecule has 0 aromatic carbocycles. The van der Waals surface area contributed by atoms with Gasteiger partial charge in [0.05, 0.1) is 12.2 Å². The van der Waals surface area contributed by atoms with E-state index in [0.717, 1.165) is 6.42 Å². The van der Waals surface area contributed by atoms with E-state index in [1.807, 2.05) is 6.92 Å². The second-order valence-electron chi connectivity index (χ2n) is 2.67. The Kier molecular flexibility index (Phi) is 3.79. The van der Waals surface area contributed by atoms with Crippen LogP contribution in [-0.4, -0.2) is 23.8 Å². The highest BCUT2D eigenvalue weighted by Gasteiger charge is 2.07. The van der Waals surface area contributed by atoms with Crippen molar-refractivity contribution in [2.45, 2.75) is 13.3 Å². The van der Waals surface area contributed by atoms with E-state index in [4.69, 9.17) is 4.74 Å². The highest BCUT2D eigenvalue weighted by molar-refractivity contribution is 5.90. The zero-order valence-electron chi connectivity index (χ0n) is 7.82. The van der Waals surface area contributed by atoms with E-state index in [1.54, 1.807) is 6.29 Å². The third-order valence-electron chi connectivity index (χ3n) is 1.54. The highest BCUT2D eigenvalue weighted by Crippen LogP contribution is 2.02. The van der Waals surface area contributed by atoms with Crippen molar-refractivity contribution in [2.24, 2.45) is 0 Å². The molecular weight excluding hydrogens is 182 g/mol. The summed E-state index contributed by atoms with van der Waals surface area (Å²) in [5.41, 5.74) is 0.433. The van der Waals surface area contributed by atoms with E-state index in [9.17, 15) is 9.59 Å². The molecule has 0 atom stereocenters. The zero-order chi connectivity index (χ0) is 10.4. The summed E-state index contributed by atoms with van der Waals surface area (Å²) >= 11 is 0. The smallest absolute Gasteiger partial charge is 0.338 e. The summed E-state index contributed by atoms with van der Waals surface area (Å²) in [6, 6.07) is 2.85. The molecule has 0 aliphatic rings. The number of aromatic nitrogens is 1. The molecule has 1 radical (unpaired) electrons. The minimum absolute atomic E-state index is 0.107. The van der Waals surface area contributed by atoms with Gasteiger partial charge in [0.2, 0.25) is 0 Å². The Morgan fingerprint density at radius 3 is 3.07 bits per heavy atom. The van der Waals surface area contributed by atoms with Gasteiger partial charge in [0.25, 0.3) is 6.29 Å². The van der Waals surface area contributed by atoms with Crippen molar-refractivity contribution in [3.8, 4) is 0 Å². The predicted octanol–water partition coefficient (Wildman–Crippen LogP) is 1.11. The predicted molar refractivity (Wildman–Crippen MR) is 49.6 cm³/mol. The molecule has 0 aliphatic heterocycles. The van der Waals surface area contributed by atoms with Crippen molar-refractivity contribution in [1.29, 1.82) is 0 Å². The van der Waals surface area contributed by atoms with Gasteiger partial charge >= 0.3 is 5.97 Å². The zero-order valence-corrected chi connectivity index (χ0v) is 7.82. The van der Waals surface area contributed by atoms with Crippen LogP contribution in [-0.2, 0) is 9.53 Å². The Bertz CT molecular complexity index is 336. The number of carbonyl (C=O) groups excluding carboxylic acids is 2. The van der Waals surface area contributed by atoms with E-state index in [2.05, 4.69) is 4.98 Å². The molecule has 1 aromatic rings. The standard InChI is InChI=1S/C10H10NO3/c1-2-5-14-10(13)8-3-4-11-9(6-8)7-12/h3-4,6H,2,5H2,1H3. The van der Waals surface area contributed by atoms with E-state index < -0.39 is 5.97 Å². The summed E-state index contributed by atoms with van der Waals surface area (Å²) in [5, 5.41) is 0. The fraction of sp³-hybridized carbons (Fsp3) is 0.300. The lowest BCUT2D eigenvalue weighted by Crippen LogP contribution is -2.06. The van der Waals surface area contributed by atoms with E-state index in [-0.39, 0.29) is 5.69 Å². The minimum Gasteiger partial charge on any atom is -0.462 e. The number of esters is 1. The SMILES string of the molecule is CCCOC(=O)c1ccnc([C]=O)c1. The molecule has 1 heterocycles. The van der Waals surface area contributed by atoms with Crippen molar-refractivity contribution in [1.82, 2.24) is 4.98 Å². The van der Waals surface area contributed by atoms with Crippen LogP contribution in [0.1, 0.15) is 29.4 Å². The molecule has 0 unspecified atom stereocenters. The summed E-state index contributed by atoms with van der Waals surface area (Å²) in [7, 11) is 0. The van der Waals surface area contributed by atoms with E-state index in [1.165, 1.54) is 18.3 Å². The Labute approximate surface area is 81.9 Å². The molecule has 0 fully saturated rings. The Morgan fingerprint density at radius 1 is 1.64 bits per heavy atom. The van der Waals surface area contributed by atoms with Crippen LogP contribution in [0.15, 0.2) is 18.3 Å². The molecule has 0 aliphatic carbocycles. The summed E-state index contributed by atoms with van der Waals surface area (Å²) in [4.78, 5) is 25.2. The third-order valence-corrected chi connectivity index (χ3v) is 1.54. The minimum atomic E-state index is -0.439. The van der Waals surface area contributed by atoms with Gasteiger partial charge in [0, 0.05) is 6.20 Å². The maximum absolute atomic E-state index is 11.3. The maximum atomic E-state index is 11.3. The first-order valence-corrected chi connectivity index (χ1v) is 4.29. The summed E-state index contributed by atoms with van der Waals surface area (Å²) in [6.45, 7) is 2.28. The second kappa shape index (κ2) is 5.11. The summed E-state index contributed by atoms with van der Waals surface area (Å²) < 4.78 is 4.88. The van der Waals surface area contributed by atoms with Crippen LogP contribution in [0.2, 0.25) is 0 Å². The van der Waals surface area contributed by atoms with Gasteiger partial charge in [-0.05, 0) is 18.6 Å². The molecule has 0 saturated heterocycles. The van der Waals surface area contributed by atoms with Crippen LogP contribution in [0.25, 0.3) is 0 Å². The molecule has 4 nitrogen and oxygen atoms in total. The monoisotopic (exact) mass is 192 g/mol. The van der Waals surface area contributed by atoms with Crippen molar-refractivity contribution >= 4 is 12.3 Å². The van der Waals surface area contributed by atoms with Crippen molar-refractivity contribution in [3.63, 3.8) is 0 Å². The van der Waals surface area contributed by atoms with E-state index >= 15 is 0 Å². The van der Waals surface area contributed by atoms with Crippen LogP contribution < -0.4 is 0 Å². The highest BCUT2D eigenvalue weighted by atomic mass is 16.5. The van der Waals surface area contributed by atoms with Gasteiger partial charge in [0.1, 0.15) is 5.69 Å². The molecule has 0 saturated carbocycles. The number of hydrogen-bond acceptors (Lipinski definition) is 4. The van der Waals surface area contributed by atoms with Crippen molar-refractivity contribution < 1.29 is 14.3 Å². The van der Waals surface area contributed by atoms with Crippen LogP contribution in [0.5, 0.6) is 0 Å². The molecule has 73 valence electrons. The largest absolute Gasteiger partial charge is 0.462 e. The number of hydrogen-bond donors (Lipinski definition) is 0. The lowest BCUT2D eigenvalue weighted by atomic mass is 10.2. The van der Waals surface area contributed by atoms with Crippen LogP contribution in [0, 0.1) is 0 Å². The van der Waals surface area contributed by atoms with Gasteiger partial charge in [-0.25, -0.2) is 4.79 Å². The normalized spacial score (nSPS) is 9.50. The molecule has 0 bridgehead atoms. The van der Waals surface area contributed by atoms with Gasteiger partial charge in [-0.3, -0.25) is 9.78 Å². The van der Waals surface area contributed by atoms with Crippen LogP contribution in [0.3, 0.4) is 0 Å².